The van der Waals surface area contributed by atoms with Crippen molar-refractivity contribution in [3.63, 3.8) is 0 Å². The second-order valence-corrected chi connectivity index (χ2v) is 7.61. The first-order valence-electron chi connectivity index (χ1n) is 8.93. The highest BCUT2D eigenvalue weighted by Crippen LogP contribution is 2.40. The third-order valence-corrected chi connectivity index (χ3v) is 5.66. The van der Waals surface area contributed by atoms with Gasteiger partial charge in [0.1, 0.15) is 12.2 Å². The molecule has 1 unspecified atom stereocenters. The molecule has 0 aliphatic carbocycles. The van der Waals surface area contributed by atoms with Gasteiger partial charge in [-0.1, -0.05) is 32.6 Å². The third-order valence-electron chi connectivity index (χ3n) is 5.34. The molecule has 0 aromatic heterocycles. The van der Waals surface area contributed by atoms with Crippen LogP contribution in [0.2, 0.25) is 0 Å². The maximum absolute atomic E-state index is 11.9. The van der Waals surface area contributed by atoms with Crippen molar-refractivity contribution in [3.8, 4) is 6.19 Å². The van der Waals surface area contributed by atoms with Crippen molar-refractivity contribution >= 4 is 23.2 Å². The second kappa shape index (κ2) is 7.66. The van der Waals surface area contributed by atoms with Crippen molar-refractivity contribution in [1.29, 1.82) is 5.26 Å². The number of thiocarbonyl (C=S) groups is 1. The minimum atomic E-state index is -0.609. The SMILES string of the molecule is CCCCCCCC1(N2CC(=O)NC2=S)N(C#N)CCNC1(C)C. The summed E-state index contributed by atoms with van der Waals surface area (Å²) in [5.74, 6) is -0.0929. The van der Waals surface area contributed by atoms with Crippen molar-refractivity contribution < 1.29 is 4.79 Å². The second-order valence-electron chi connectivity index (χ2n) is 7.22. The molecule has 0 radical (unpaired) electrons. The van der Waals surface area contributed by atoms with Gasteiger partial charge < -0.3 is 15.5 Å². The molecule has 0 saturated carbocycles. The van der Waals surface area contributed by atoms with E-state index >= 15 is 0 Å². The average Bonchev–Trinajstić information content (AvgIpc) is 2.86. The summed E-state index contributed by atoms with van der Waals surface area (Å²) >= 11 is 5.42. The number of nitriles is 1. The number of rotatable bonds is 7. The molecular formula is C17H29N5OS. The van der Waals surface area contributed by atoms with Gasteiger partial charge in [-0.3, -0.25) is 9.69 Å². The van der Waals surface area contributed by atoms with Crippen molar-refractivity contribution in [2.75, 3.05) is 19.6 Å². The molecule has 7 heteroatoms. The molecule has 0 aromatic rings. The van der Waals surface area contributed by atoms with E-state index in [9.17, 15) is 10.1 Å². The van der Waals surface area contributed by atoms with E-state index < -0.39 is 5.66 Å². The summed E-state index contributed by atoms with van der Waals surface area (Å²) in [7, 11) is 0. The van der Waals surface area contributed by atoms with Gasteiger partial charge in [-0.15, -0.1) is 0 Å². The van der Waals surface area contributed by atoms with E-state index in [0.717, 1.165) is 25.8 Å². The lowest BCUT2D eigenvalue weighted by Crippen LogP contribution is -2.78. The van der Waals surface area contributed by atoms with Crippen LogP contribution < -0.4 is 10.6 Å². The lowest BCUT2D eigenvalue weighted by molar-refractivity contribution is -0.122. The van der Waals surface area contributed by atoms with Crippen LogP contribution in [0, 0.1) is 11.5 Å². The van der Waals surface area contributed by atoms with Crippen LogP contribution >= 0.6 is 12.2 Å². The molecule has 2 saturated heterocycles. The topological polar surface area (TPSA) is 71.4 Å². The van der Waals surface area contributed by atoms with Crippen LogP contribution in [0.4, 0.5) is 0 Å². The van der Waals surface area contributed by atoms with Crippen molar-refractivity contribution in [1.82, 2.24) is 20.4 Å². The van der Waals surface area contributed by atoms with Crippen LogP contribution in [-0.2, 0) is 4.79 Å². The monoisotopic (exact) mass is 351 g/mol. The van der Waals surface area contributed by atoms with Gasteiger partial charge in [0.05, 0.1) is 5.54 Å². The molecule has 1 amide bonds. The Balaban J connectivity index is 2.30. The molecule has 0 spiro atoms. The minimum Gasteiger partial charge on any atom is -0.314 e. The summed E-state index contributed by atoms with van der Waals surface area (Å²) < 4.78 is 0. The maximum atomic E-state index is 11.9. The lowest BCUT2D eigenvalue weighted by atomic mass is 9.78. The van der Waals surface area contributed by atoms with Gasteiger partial charge in [-0.2, -0.15) is 5.26 Å². The first-order chi connectivity index (χ1) is 11.4. The van der Waals surface area contributed by atoms with E-state index in [1.54, 1.807) is 0 Å². The normalized spacial score (nSPS) is 26.4. The van der Waals surface area contributed by atoms with Gasteiger partial charge in [-0.25, -0.2) is 0 Å². The van der Waals surface area contributed by atoms with Crippen LogP contribution in [0.3, 0.4) is 0 Å². The smallest absolute Gasteiger partial charge is 0.245 e. The Bertz CT molecular complexity index is 530. The Labute approximate surface area is 150 Å². The molecule has 2 fully saturated rings. The Morgan fingerprint density at radius 2 is 2.00 bits per heavy atom. The van der Waals surface area contributed by atoms with Gasteiger partial charge in [0.2, 0.25) is 5.91 Å². The highest BCUT2D eigenvalue weighted by Gasteiger charge is 2.57. The van der Waals surface area contributed by atoms with Crippen LogP contribution in [0.15, 0.2) is 0 Å². The Kier molecular flexibility index (Phi) is 6.05. The highest BCUT2D eigenvalue weighted by molar-refractivity contribution is 7.80. The zero-order valence-corrected chi connectivity index (χ0v) is 15.8. The standard InChI is InChI=1S/C17H29N5OS/c1-4-5-6-7-8-9-17(22-12-14(23)20-15(22)24)16(2,3)19-10-11-21(17)13-18/h19H,4-12H2,1-3H3,(H,20,23,24). The van der Waals surface area contributed by atoms with Crippen LogP contribution in [0.5, 0.6) is 0 Å². The van der Waals surface area contributed by atoms with E-state index in [4.69, 9.17) is 12.2 Å². The summed E-state index contributed by atoms with van der Waals surface area (Å²) in [6.45, 7) is 8.01. The predicted octanol–water partition coefficient (Wildman–Crippen LogP) is 1.92. The number of amides is 1. The van der Waals surface area contributed by atoms with Crippen molar-refractivity contribution in [2.45, 2.75) is 70.5 Å². The van der Waals surface area contributed by atoms with E-state index in [2.05, 4.69) is 37.6 Å². The van der Waals surface area contributed by atoms with Gasteiger partial charge in [0, 0.05) is 13.1 Å². The third kappa shape index (κ3) is 3.35. The molecule has 6 nitrogen and oxygen atoms in total. The number of nitrogens with one attached hydrogen (secondary N) is 2. The molecular weight excluding hydrogens is 322 g/mol. The fraction of sp³-hybridized carbons (Fsp3) is 0.824. The van der Waals surface area contributed by atoms with Gasteiger partial charge in [0.15, 0.2) is 11.3 Å². The summed E-state index contributed by atoms with van der Waals surface area (Å²) in [4.78, 5) is 15.7. The Hall–Kier alpha value is -1.39. The van der Waals surface area contributed by atoms with E-state index in [1.807, 2.05) is 9.80 Å². The number of hydrogen-bond acceptors (Lipinski definition) is 5. The molecule has 0 bridgehead atoms. The van der Waals surface area contributed by atoms with Crippen LogP contribution in [0.1, 0.15) is 59.3 Å². The molecule has 2 N–H and O–H groups in total. The number of unbranched alkanes of at least 4 members (excludes halogenated alkanes) is 4. The fourth-order valence-corrected chi connectivity index (χ4v) is 4.39. The molecule has 2 heterocycles. The van der Waals surface area contributed by atoms with E-state index in [-0.39, 0.29) is 18.0 Å². The zero-order valence-electron chi connectivity index (χ0n) is 15.0. The van der Waals surface area contributed by atoms with Gasteiger partial charge in [-0.05, 0) is 38.9 Å². The van der Waals surface area contributed by atoms with Crippen molar-refractivity contribution in [2.24, 2.45) is 0 Å². The molecule has 2 aliphatic heterocycles. The maximum Gasteiger partial charge on any atom is 0.245 e. The zero-order chi connectivity index (χ0) is 17.8. The van der Waals surface area contributed by atoms with E-state index in [1.165, 1.54) is 19.3 Å². The lowest BCUT2D eigenvalue weighted by Gasteiger charge is -2.59. The molecule has 1 atom stereocenters. The fourth-order valence-electron chi connectivity index (χ4n) is 4.06. The first-order valence-corrected chi connectivity index (χ1v) is 9.33. The Morgan fingerprint density at radius 3 is 2.58 bits per heavy atom. The first kappa shape index (κ1) is 18.9. The molecule has 2 aliphatic rings. The van der Waals surface area contributed by atoms with Crippen LogP contribution in [0.25, 0.3) is 0 Å². The number of piperazine rings is 1. The summed E-state index contributed by atoms with van der Waals surface area (Å²) in [6, 6.07) is 0. The average molecular weight is 352 g/mol. The largest absolute Gasteiger partial charge is 0.314 e. The number of nitrogens with zero attached hydrogens (tertiary/aromatic N) is 3. The van der Waals surface area contributed by atoms with Crippen molar-refractivity contribution in [3.05, 3.63) is 0 Å². The number of carbonyl (C=O) groups is 1. The van der Waals surface area contributed by atoms with Crippen LogP contribution in [-0.4, -0.2) is 51.7 Å². The highest BCUT2D eigenvalue weighted by atomic mass is 32.1. The Morgan fingerprint density at radius 1 is 1.29 bits per heavy atom. The molecule has 24 heavy (non-hydrogen) atoms. The number of hydrogen-bond donors (Lipinski definition) is 2. The molecule has 2 rings (SSSR count). The van der Waals surface area contributed by atoms with Gasteiger partial charge in [0.25, 0.3) is 0 Å². The summed E-state index contributed by atoms with van der Waals surface area (Å²) in [5.41, 5.74) is -0.968. The summed E-state index contributed by atoms with van der Waals surface area (Å²) in [6.07, 6.45) is 8.96. The number of carbonyl (C=O) groups excluding carboxylic acids is 1. The summed E-state index contributed by atoms with van der Waals surface area (Å²) in [5, 5.41) is 16.5. The van der Waals surface area contributed by atoms with Gasteiger partial charge >= 0.3 is 0 Å². The van der Waals surface area contributed by atoms with E-state index in [0.29, 0.717) is 11.7 Å². The predicted molar refractivity (Wildman–Crippen MR) is 98.0 cm³/mol. The molecule has 0 aromatic carbocycles. The quantitative estimate of drug-likeness (QED) is 0.415. The molecule has 134 valence electrons. The minimum absolute atomic E-state index is 0.0929.